The van der Waals surface area contributed by atoms with Crippen LogP contribution in [0.25, 0.3) is 0 Å². The van der Waals surface area contributed by atoms with Crippen molar-refractivity contribution in [2.75, 3.05) is 34.2 Å². The Hall–Kier alpha value is -1.31. The number of carbonyl (C=O) groups excluding carboxylic acids is 2. The quantitative estimate of drug-likeness (QED) is 0.823. The molecule has 1 N–H and O–H groups in total. The molecule has 2 atom stereocenters. The number of hydrogen-bond acceptors (Lipinski definition) is 3. The van der Waals surface area contributed by atoms with Gasteiger partial charge in [0.05, 0.1) is 18.5 Å². The van der Waals surface area contributed by atoms with Crippen molar-refractivity contribution in [1.82, 2.24) is 15.1 Å². The van der Waals surface area contributed by atoms with Crippen molar-refractivity contribution in [1.29, 1.82) is 0 Å². The SMILES string of the molecule is CN(C)C(=O)CN(C)C(=O)C1CCC(C(F)(F)F)CN1. The van der Waals surface area contributed by atoms with Crippen molar-refractivity contribution in [3.05, 3.63) is 0 Å². The molecule has 0 bridgehead atoms. The molecule has 0 aliphatic carbocycles. The molecule has 20 heavy (non-hydrogen) atoms. The Kier molecular flexibility index (Phi) is 5.38. The molecule has 0 radical (unpaired) electrons. The first kappa shape index (κ1) is 16.7. The smallest absolute Gasteiger partial charge is 0.347 e. The summed E-state index contributed by atoms with van der Waals surface area (Å²) in [5, 5.41) is 2.62. The largest absolute Gasteiger partial charge is 0.393 e. The number of carbonyl (C=O) groups is 2. The van der Waals surface area contributed by atoms with Crippen LogP contribution in [0.2, 0.25) is 0 Å². The second kappa shape index (κ2) is 6.43. The maximum Gasteiger partial charge on any atom is 0.393 e. The van der Waals surface area contributed by atoms with Crippen LogP contribution in [0.5, 0.6) is 0 Å². The summed E-state index contributed by atoms with van der Waals surface area (Å²) in [5.74, 6) is -1.98. The van der Waals surface area contributed by atoms with E-state index in [0.29, 0.717) is 0 Å². The molecule has 1 heterocycles. The van der Waals surface area contributed by atoms with Crippen molar-refractivity contribution in [2.24, 2.45) is 5.92 Å². The van der Waals surface area contributed by atoms with Crippen LogP contribution in [0.4, 0.5) is 13.2 Å². The molecular weight excluding hydrogens is 275 g/mol. The lowest BCUT2D eigenvalue weighted by molar-refractivity contribution is -0.180. The van der Waals surface area contributed by atoms with Crippen molar-refractivity contribution in [3.8, 4) is 0 Å². The summed E-state index contributed by atoms with van der Waals surface area (Å²) >= 11 is 0. The van der Waals surface area contributed by atoms with Gasteiger partial charge in [0.1, 0.15) is 0 Å². The first-order valence-corrected chi connectivity index (χ1v) is 6.38. The van der Waals surface area contributed by atoms with Crippen LogP contribution in [0, 0.1) is 5.92 Å². The van der Waals surface area contributed by atoms with Crippen molar-refractivity contribution in [3.63, 3.8) is 0 Å². The second-order valence-electron chi connectivity index (χ2n) is 5.26. The summed E-state index contributed by atoms with van der Waals surface area (Å²) in [6.07, 6.45) is -4.17. The number of alkyl halides is 3. The van der Waals surface area contributed by atoms with Crippen LogP contribution in [0.3, 0.4) is 0 Å². The molecule has 1 rings (SSSR count). The van der Waals surface area contributed by atoms with E-state index >= 15 is 0 Å². The summed E-state index contributed by atoms with van der Waals surface area (Å²) < 4.78 is 37.5. The van der Waals surface area contributed by atoms with Crippen LogP contribution >= 0.6 is 0 Å². The van der Waals surface area contributed by atoms with E-state index in [9.17, 15) is 22.8 Å². The molecule has 5 nitrogen and oxygen atoms in total. The lowest BCUT2D eigenvalue weighted by atomic mass is 9.93. The Morgan fingerprint density at radius 3 is 2.20 bits per heavy atom. The number of amides is 2. The van der Waals surface area contributed by atoms with Gasteiger partial charge in [-0.1, -0.05) is 0 Å². The summed E-state index contributed by atoms with van der Waals surface area (Å²) in [4.78, 5) is 26.1. The van der Waals surface area contributed by atoms with E-state index in [-0.39, 0.29) is 37.7 Å². The third-order valence-electron chi connectivity index (χ3n) is 3.42. The molecule has 0 saturated carbocycles. The maximum absolute atomic E-state index is 12.5. The highest BCUT2D eigenvalue weighted by Gasteiger charge is 2.42. The Bertz CT molecular complexity index is 363. The van der Waals surface area contributed by atoms with Gasteiger partial charge in [-0.15, -0.1) is 0 Å². The van der Waals surface area contributed by atoms with Crippen LogP contribution < -0.4 is 5.32 Å². The predicted octanol–water partition coefficient (Wildman–Crippen LogP) is 0.463. The lowest BCUT2D eigenvalue weighted by Gasteiger charge is -2.32. The molecule has 1 aliphatic rings. The van der Waals surface area contributed by atoms with Crippen LogP contribution in [0.1, 0.15) is 12.8 Å². The molecule has 0 aromatic rings. The summed E-state index contributed by atoms with van der Waals surface area (Å²) in [7, 11) is 4.63. The number of nitrogens with one attached hydrogen (secondary N) is 1. The molecule has 1 saturated heterocycles. The highest BCUT2D eigenvalue weighted by atomic mass is 19.4. The van der Waals surface area contributed by atoms with E-state index in [4.69, 9.17) is 0 Å². The van der Waals surface area contributed by atoms with E-state index in [1.807, 2.05) is 0 Å². The van der Waals surface area contributed by atoms with Gasteiger partial charge in [-0.25, -0.2) is 0 Å². The fourth-order valence-electron chi connectivity index (χ4n) is 2.03. The average molecular weight is 295 g/mol. The van der Waals surface area contributed by atoms with Gasteiger partial charge in [-0.05, 0) is 12.8 Å². The van der Waals surface area contributed by atoms with Gasteiger partial charge in [-0.2, -0.15) is 13.2 Å². The Balaban J connectivity index is 2.48. The van der Waals surface area contributed by atoms with Crippen LogP contribution in [-0.2, 0) is 9.59 Å². The second-order valence-corrected chi connectivity index (χ2v) is 5.26. The lowest BCUT2D eigenvalue weighted by Crippen LogP contribution is -2.52. The number of halogens is 3. The first-order chi connectivity index (χ1) is 9.12. The van der Waals surface area contributed by atoms with Crippen LogP contribution in [-0.4, -0.2) is 68.1 Å². The van der Waals surface area contributed by atoms with Gasteiger partial charge >= 0.3 is 6.18 Å². The summed E-state index contributed by atoms with van der Waals surface area (Å²) in [6.45, 7) is -0.331. The third kappa shape index (κ3) is 4.36. The topological polar surface area (TPSA) is 52.7 Å². The van der Waals surface area contributed by atoms with Gasteiger partial charge in [-0.3, -0.25) is 9.59 Å². The third-order valence-corrected chi connectivity index (χ3v) is 3.42. The van der Waals surface area contributed by atoms with Crippen molar-refractivity contribution in [2.45, 2.75) is 25.1 Å². The summed E-state index contributed by atoms with van der Waals surface area (Å²) in [5.41, 5.74) is 0. The van der Waals surface area contributed by atoms with E-state index in [2.05, 4.69) is 5.32 Å². The zero-order valence-electron chi connectivity index (χ0n) is 11.8. The standard InChI is InChI=1S/C12H20F3N3O2/c1-17(2)10(19)7-18(3)11(20)9-5-4-8(6-16-9)12(13,14)15/h8-9,16H,4-7H2,1-3H3. The average Bonchev–Trinajstić information content (AvgIpc) is 2.36. The van der Waals surface area contributed by atoms with Crippen molar-refractivity contribution >= 4 is 11.8 Å². The fraction of sp³-hybridized carbons (Fsp3) is 0.833. The molecule has 2 unspecified atom stereocenters. The maximum atomic E-state index is 12.5. The minimum Gasteiger partial charge on any atom is -0.347 e. The number of nitrogens with zero attached hydrogens (tertiary/aromatic N) is 2. The molecule has 116 valence electrons. The van der Waals surface area contributed by atoms with Gasteiger partial charge in [0.2, 0.25) is 11.8 Å². The Labute approximate surface area is 116 Å². The highest BCUT2D eigenvalue weighted by molar-refractivity contribution is 5.87. The summed E-state index contributed by atoms with van der Waals surface area (Å²) in [6, 6.07) is -0.645. The molecule has 1 aliphatic heterocycles. The number of rotatable bonds is 3. The minimum absolute atomic E-state index is 0.0671. The first-order valence-electron chi connectivity index (χ1n) is 6.38. The number of likely N-dealkylation sites (N-methyl/N-ethyl adjacent to an activating group) is 2. The van der Waals surface area contributed by atoms with Gasteiger partial charge in [0.25, 0.3) is 0 Å². The zero-order valence-corrected chi connectivity index (χ0v) is 11.8. The number of hydrogen-bond donors (Lipinski definition) is 1. The molecule has 2 amide bonds. The van der Waals surface area contributed by atoms with Gasteiger partial charge < -0.3 is 15.1 Å². The minimum atomic E-state index is -4.23. The Morgan fingerprint density at radius 2 is 1.80 bits per heavy atom. The molecular formula is C12H20F3N3O2. The zero-order chi connectivity index (χ0) is 15.5. The monoisotopic (exact) mass is 295 g/mol. The molecule has 0 aromatic heterocycles. The number of piperidine rings is 1. The highest BCUT2D eigenvalue weighted by Crippen LogP contribution is 2.32. The van der Waals surface area contributed by atoms with E-state index in [1.54, 1.807) is 14.1 Å². The normalized spacial score (nSPS) is 23.3. The molecule has 1 fully saturated rings. The van der Waals surface area contributed by atoms with E-state index in [1.165, 1.54) is 16.8 Å². The van der Waals surface area contributed by atoms with Gasteiger partial charge in [0, 0.05) is 27.7 Å². The Morgan fingerprint density at radius 1 is 1.20 bits per heavy atom. The van der Waals surface area contributed by atoms with Gasteiger partial charge in [0.15, 0.2) is 0 Å². The molecule has 8 heteroatoms. The van der Waals surface area contributed by atoms with E-state index in [0.717, 1.165) is 0 Å². The van der Waals surface area contributed by atoms with Crippen molar-refractivity contribution < 1.29 is 22.8 Å². The van der Waals surface area contributed by atoms with E-state index < -0.39 is 18.1 Å². The predicted molar refractivity (Wildman–Crippen MR) is 66.9 cm³/mol. The molecule has 0 spiro atoms. The molecule has 0 aromatic carbocycles. The fourth-order valence-corrected chi connectivity index (χ4v) is 2.03. The van der Waals surface area contributed by atoms with Crippen LogP contribution in [0.15, 0.2) is 0 Å².